The molecule has 0 aliphatic carbocycles. The van der Waals surface area contributed by atoms with Crippen LogP contribution in [0.25, 0.3) is 6.08 Å². The van der Waals surface area contributed by atoms with Crippen LogP contribution in [0.15, 0.2) is 71.1 Å². The van der Waals surface area contributed by atoms with Gasteiger partial charge in [-0.15, -0.1) is 0 Å². The number of ketones is 1. The van der Waals surface area contributed by atoms with Crippen molar-refractivity contribution in [1.29, 1.82) is 5.26 Å². The highest BCUT2D eigenvalue weighted by atomic mass is 127. The molecule has 0 spiro atoms. The van der Waals surface area contributed by atoms with Gasteiger partial charge in [0.1, 0.15) is 16.5 Å². The molecule has 0 heterocycles. The van der Waals surface area contributed by atoms with Crippen molar-refractivity contribution >= 4 is 56.2 Å². The Labute approximate surface area is 229 Å². The summed E-state index contributed by atoms with van der Waals surface area (Å²) in [6, 6.07) is 17.6. The van der Waals surface area contributed by atoms with Crippen molar-refractivity contribution < 1.29 is 26.9 Å². The highest BCUT2D eigenvalue weighted by molar-refractivity contribution is 14.1. The third-order valence-electron chi connectivity index (χ3n) is 5.07. The SMILES string of the molecule is CCOc1cc(/C=C(/C#N)C(=O)Nc2ccccc2C(C)=O)cc(I)c1OS(=O)(=O)c1ccc(C)cc1. The Hall–Kier alpha value is -3.69. The number of benzene rings is 3. The standard InChI is InChI=1S/C27H23IN2O6S/c1-4-35-25-15-19(13-20(16-29)27(32)30-24-8-6-5-7-22(24)18(3)31)14-23(28)26(25)36-37(33,34)21-11-9-17(2)10-12-21/h5-15H,4H2,1-3H3,(H,30,32)/b20-13-. The van der Waals surface area contributed by atoms with E-state index >= 15 is 0 Å². The number of amides is 1. The first-order valence-electron chi connectivity index (χ1n) is 11.1. The van der Waals surface area contributed by atoms with E-state index < -0.39 is 16.0 Å². The topological polar surface area (TPSA) is 123 Å². The minimum atomic E-state index is -4.14. The van der Waals surface area contributed by atoms with E-state index in [1.807, 2.05) is 35.6 Å². The van der Waals surface area contributed by atoms with Crippen molar-refractivity contribution in [2.45, 2.75) is 25.7 Å². The first-order valence-corrected chi connectivity index (χ1v) is 13.5. The molecule has 190 valence electrons. The fourth-order valence-electron chi connectivity index (χ4n) is 3.28. The molecule has 0 fully saturated rings. The van der Waals surface area contributed by atoms with Crippen LogP contribution in [0, 0.1) is 21.8 Å². The summed E-state index contributed by atoms with van der Waals surface area (Å²) in [7, 11) is -4.14. The summed E-state index contributed by atoms with van der Waals surface area (Å²) in [5, 5.41) is 12.2. The first-order chi connectivity index (χ1) is 17.6. The molecule has 0 bridgehead atoms. The van der Waals surface area contributed by atoms with Crippen LogP contribution in [0.4, 0.5) is 5.69 Å². The van der Waals surface area contributed by atoms with Gasteiger partial charge in [0.05, 0.1) is 15.9 Å². The molecule has 10 heteroatoms. The fraction of sp³-hybridized carbons (Fsp3) is 0.148. The van der Waals surface area contributed by atoms with E-state index in [9.17, 15) is 23.3 Å². The predicted molar refractivity (Wildman–Crippen MR) is 148 cm³/mol. The number of anilines is 1. The number of carbonyl (C=O) groups is 2. The van der Waals surface area contributed by atoms with Gasteiger partial charge in [-0.1, -0.05) is 29.8 Å². The summed E-state index contributed by atoms with van der Waals surface area (Å²) >= 11 is 1.90. The van der Waals surface area contributed by atoms with Gasteiger partial charge in [0.15, 0.2) is 17.3 Å². The van der Waals surface area contributed by atoms with Gasteiger partial charge in [-0.3, -0.25) is 9.59 Å². The number of hydrogen-bond donors (Lipinski definition) is 1. The number of nitrogens with one attached hydrogen (secondary N) is 1. The monoisotopic (exact) mass is 630 g/mol. The molecular weight excluding hydrogens is 607 g/mol. The Kier molecular flexibility index (Phi) is 9.07. The lowest BCUT2D eigenvalue weighted by Crippen LogP contribution is -2.15. The Morgan fingerprint density at radius 2 is 1.78 bits per heavy atom. The molecule has 0 atom stereocenters. The van der Waals surface area contributed by atoms with Crippen LogP contribution >= 0.6 is 22.6 Å². The number of ether oxygens (including phenoxy) is 1. The number of halogens is 1. The van der Waals surface area contributed by atoms with Crippen molar-refractivity contribution in [2.75, 3.05) is 11.9 Å². The molecule has 0 saturated heterocycles. The van der Waals surface area contributed by atoms with Crippen molar-refractivity contribution in [3.05, 3.63) is 86.5 Å². The molecule has 0 aliphatic heterocycles. The number of carbonyl (C=O) groups excluding carboxylic acids is 2. The second kappa shape index (κ2) is 12.0. The zero-order valence-corrected chi connectivity index (χ0v) is 23.2. The van der Waals surface area contributed by atoms with E-state index in [4.69, 9.17) is 8.92 Å². The maximum atomic E-state index is 12.9. The average Bonchev–Trinajstić information content (AvgIpc) is 2.85. The summed E-state index contributed by atoms with van der Waals surface area (Å²) in [4.78, 5) is 24.6. The summed E-state index contributed by atoms with van der Waals surface area (Å²) in [5.74, 6) is -0.800. The van der Waals surface area contributed by atoms with Gasteiger partial charge in [-0.05, 0) is 91.4 Å². The smallest absolute Gasteiger partial charge is 0.339 e. The number of para-hydroxylation sites is 1. The van der Waals surface area contributed by atoms with Crippen molar-refractivity contribution in [3.8, 4) is 17.6 Å². The van der Waals surface area contributed by atoms with Gasteiger partial charge in [0.25, 0.3) is 5.91 Å². The van der Waals surface area contributed by atoms with Crippen molar-refractivity contribution in [1.82, 2.24) is 0 Å². The predicted octanol–water partition coefficient (Wildman–Crippen LogP) is 5.51. The molecule has 1 N–H and O–H groups in total. The zero-order valence-electron chi connectivity index (χ0n) is 20.2. The average molecular weight is 630 g/mol. The first kappa shape index (κ1) is 27.9. The van der Waals surface area contributed by atoms with Gasteiger partial charge in [0, 0.05) is 5.56 Å². The van der Waals surface area contributed by atoms with E-state index in [0.717, 1.165) is 5.56 Å². The Balaban J connectivity index is 1.95. The number of hydrogen-bond acceptors (Lipinski definition) is 7. The van der Waals surface area contributed by atoms with Crippen LogP contribution in [0.1, 0.15) is 35.3 Å². The number of nitrogens with zero attached hydrogens (tertiary/aromatic N) is 1. The van der Waals surface area contributed by atoms with Gasteiger partial charge in [-0.2, -0.15) is 13.7 Å². The molecule has 37 heavy (non-hydrogen) atoms. The van der Waals surface area contributed by atoms with Crippen LogP contribution in [-0.2, 0) is 14.9 Å². The quantitative estimate of drug-likeness (QED) is 0.109. The van der Waals surface area contributed by atoms with Gasteiger partial charge in [0.2, 0.25) is 0 Å². The molecule has 3 rings (SSSR count). The van der Waals surface area contributed by atoms with Crippen molar-refractivity contribution in [2.24, 2.45) is 0 Å². The molecule has 0 aliphatic rings. The van der Waals surface area contributed by atoms with Gasteiger partial charge >= 0.3 is 10.1 Å². The molecular formula is C27H23IN2O6S. The Bertz CT molecular complexity index is 1520. The van der Waals surface area contributed by atoms with E-state index in [-0.39, 0.29) is 40.0 Å². The minimum absolute atomic E-state index is 0.00137. The summed E-state index contributed by atoms with van der Waals surface area (Å²) < 4.78 is 37.2. The lowest BCUT2D eigenvalue weighted by atomic mass is 10.1. The molecule has 1 amide bonds. The van der Waals surface area contributed by atoms with Crippen LogP contribution in [-0.4, -0.2) is 26.7 Å². The lowest BCUT2D eigenvalue weighted by molar-refractivity contribution is -0.112. The molecule has 0 saturated carbocycles. The van der Waals surface area contributed by atoms with E-state index in [1.54, 1.807) is 49.4 Å². The van der Waals surface area contributed by atoms with Crippen LogP contribution in [0.3, 0.4) is 0 Å². The van der Waals surface area contributed by atoms with Crippen LogP contribution in [0.5, 0.6) is 11.5 Å². The van der Waals surface area contributed by atoms with Crippen molar-refractivity contribution in [3.63, 3.8) is 0 Å². The maximum absolute atomic E-state index is 12.9. The second-order valence-corrected chi connectivity index (χ2v) is 10.5. The molecule has 0 unspecified atom stereocenters. The number of nitriles is 1. The molecule has 0 radical (unpaired) electrons. The second-order valence-electron chi connectivity index (χ2n) is 7.84. The minimum Gasteiger partial charge on any atom is -0.490 e. The molecule has 3 aromatic carbocycles. The molecule has 8 nitrogen and oxygen atoms in total. The Morgan fingerprint density at radius 3 is 2.41 bits per heavy atom. The van der Waals surface area contributed by atoms with E-state index in [2.05, 4.69) is 5.32 Å². The Morgan fingerprint density at radius 1 is 1.11 bits per heavy atom. The summed E-state index contributed by atoms with van der Waals surface area (Å²) in [6.07, 6.45) is 1.34. The number of rotatable bonds is 9. The van der Waals surface area contributed by atoms with Crippen LogP contribution < -0.4 is 14.2 Å². The molecule has 0 aromatic heterocycles. The highest BCUT2D eigenvalue weighted by Crippen LogP contribution is 2.37. The van der Waals surface area contributed by atoms with Crippen LogP contribution in [0.2, 0.25) is 0 Å². The summed E-state index contributed by atoms with van der Waals surface area (Å²) in [6.45, 7) is 5.18. The van der Waals surface area contributed by atoms with Gasteiger partial charge < -0.3 is 14.2 Å². The third-order valence-corrected chi connectivity index (χ3v) is 7.10. The third kappa shape index (κ3) is 6.96. The van der Waals surface area contributed by atoms with Gasteiger partial charge in [-0.25, -0.2) is 0 Å². The lowest BCUT2D eigenvalue weighted by Gasteiger charge is -2.15. The number of aryl methyl sites for hydroxylation is 1. The normalized spacial score (nSPS) is 11.4. The summed E-state index contributed by atoms with van der Waals surface area (Å²) in [5.41, 5.74) is 1.70. The van der Waals surface area contributed by atoms with E-state index in [1.165, 1.54) is 31.2 Å². The largest absolute Gasteiger partial charge is 0.490 e. The maximum Gasteiger partial charge on any atom is 0.339 e. The zero-order chi connectivity index (χ0) is 27.2. The fourth-order valence-corrected chi connectivity index (χ4v) is 5.12. The number of Topliss-reactive ketones (excluding diaryl/α,β-unsaturated/α-hetero) is 1. The van der Waals surface area contributed by atoms with E-state index in [0.29, 0.717) is 14.7 Å². The molecule has 3 aromatic rings. The highest BCUT2D eigenvalue weighted by Gasteiger charge is 2.22.